The van der Waals surface area contributed by atoms with Gasteiger partial charge >= 0.3 is 5.97 Å². The second-order valence-electron chi connectivity index (χ2n) is 5.22. The van der Waals surface area contributed by atoms with Crippen LogP contribution >= 0.6 is 11.8 Å². The van der Waals surface area contributed by atoms with Crippen LogP contribution in [0.2, 0.25) is 0 Å². The van der Waals surface area contributed by atoms with Gasteiger partial charge in [0.15, 0.2) is 6.10 Å². The van der Waals surface area contributed by atoms with Crippen molar-refractivity contribution in [3.63, 3.8) is 0 Å². The summed E-state index contributed by atoms with van der Waals surface area (Å²) < 4.78 is 5.10. The van der Waals surface area contributed by atoms with E-state index in [2.05, 4.69) is 11.9 Å². The monoisotopic (exact) mass is 348 g/mol. The van der Waals surface area contributed by atoms with Crippen molar-refractivity contribution in [1.82, 2.24) is 5.32 Å². The Morgan fingerprint density at radius 2 is 2.21 bits per heavy atom. The molecule has 1 aliphatic rings. The molecule has 0 aliphatic carbocycles. The third kappa shape index (κ3) is 4.61. The maximum Gasteiger partial charge on any atom is 0.308 e. The zero-order chi connectivity index (χ0) is 17.5. The molecular weight excluding hydrogens is 328 g/mol. The number of thioether (sulfide) groups is 1. The van der Waals surface area contributed by atoms with Crippen molar-refractivity contribution < 1.29 is 19.1 Å². The first kappa shape index (κ1) is 18.1. The fourth-order valence-corrected chi connectivity index (χ4v) is 3.16. The van der Waals surface area contributed by atoms with Gasteiger partial charge in [0, 0.05) is 18.0 Å². The largest absolute Gasteiger partial charge is 0.452 e. The SMILES string of the molecule is C=CCNC(=O)[C@H](C)OC(=O)CCN1C(=O)CSc2ccccc21. The van der Waals surface area contributed by atoms with E-state index < -0.39 is 12.1 Å². The number of esters is 1. The molecule has 0 saturated heterocycles. The van der Waals surface area contributed by atoms with E-state index in [4.69, 9.17) is 4.74 Å². The third-order valence-electron chi connectivity index (χ3n) is 3.45. The maximum atomic E-state index is 12.1. The van der Waals surface area contributed by atoms with Crippen LogP contribution in [-0.4, -0.2) is 42.7 Å². The van der Waals surface area contributed by atoms with Crippen molar-refractivity contribution in [1.29, 1.82) is 0 Å². The number of hydrogen-bond acceptors (Lipinski definition) is 5. The Morgan fingerprint density at radius 3 is 2.96 bits per heavy atom. The van der Waals surface area contributed by atoms with E-state index in [1.54, 1.807) is 11.0 Å². The zero-order valence-electron chi connectivity index (χ0n) is 13.5. The topological polar surface area (TPSA) is 75.7 Å². The number of carbonyl (C=O) groups excluding carboxylic acids is 3. The van der Waals surface area contributed by atoms with Gasteiger partial charge in [-0.05, 0) is 19.1 Å². The van der Waals surface area contributed by atoms with Gasteiger partial charge in [-0.3, -0.25) is 14.4 Å². The minimum absolute atomic E-state index is 0.0316. The molecule has 24 heavy (non-hydrogen) atoms. The summed E-state index contributed by atoms with van der Waals surface area (Å²) in [5.41, 5.74) is 0.809. The highest BCUT2D eigenvalue weighted by Gasteiger charge is 2.25. The van der Waals surface area contributed by atoms with Gasteiger partial charge in [0.2, 0.25) is 5.91 Å². The smallest absolute Gasteiger partial charge is 0.308 e. The molecule has 128 valence electrons. The molecule has 1 N–H and O–H groups in total. The lowest BCUT2D eigenvalue weighted by atomic mass is 10.2. The first-order chi connectivity index (χ1) is 11.5. The number of fused-ring (bicyclic) bond motifs is 1. The normalized spacial score (nSPS) is 14.5. The summed E-state index contributed by atoms with van der Waals surface area (Å²) in [6.07, 6.45) is 0.700. The summed E-state index contributed by atoms with van der Waals surface area (Å²) in [4.78, 5) is 38.3. The average molecular weight is 348 g/mol. The molecule has 0 aromatic heterocycles. The molecule has 6 nitrogen and oxygen atoms in total. The minimum atomic E-state index is -0.877. The van der Waals surface area contributed by atoms with Crippen molar-refractivity contribution >= 4 is 35.2 Å². The number of para-hydroxylation sites is 1. The van der Waals surface area contributed by atoms with Crippen LogP contribution in [0.3, 0.4) is 0 Å². The molecule has 7 heteroatoms. The lowest BCUT2D eigenvalue weighted by Crippen LogP contribution is -2.39. The van der Waals surface area contributed by atoms with Crippen LogP contribution in [-0.2, 0) is 19.1 Å². The van der Waals surface area contributed by atoms with Crippen molar-refractivity contribution in [2.24, 2.45) is 0 Å². The predicted octanol–water partition coefficient (Wildman–Crippen LogP) is 1.75. The summed E-state index contributed by atoms with van der Waals surface area (Å²) >= 11 is 1.49. The van der Waals surface area contributed by atoms with E-state index in [0.29, 0.717) is 12.3 Å². The molecule has 0 spiro atoms. The average Bonchev–Trinajstić information content (AvgIpc) is 2.58. The van der Waals surface area contributed by atoms with Gasteiger partial charge in [0.1, 0.15) is 0 Å². The number of rotatable bonds is 7. The predicted molar refractivity (Wildman–Crippen MR) is 92.9 cm³/mol. The lowest BCUT2D eigenvalue weighted by Gasteiger charge is -2.28. The maximum absolute atomic E-state index is 12.1. The van der Waals surface area contributed by atoms with E-state index >= 15 is 0 Å². The summed E-state index contributed by atoms with van der Waals surface area (Å²) in [5, 5.41) is 2.56. The Bertz CT molecular complexity index is 647. The summed E-state index contributed by atoms with van der Waals surface area (Å²) in [6.45, 7) is 5.56. The van der Waals surface area contributed by atoms with Crippen LogP contribution in [0.5, 0.6) is 0 Å². The van der Waals surface area contributed by atoms with Crippen molar-refractivity contribution in [3.8, 4) is 0 Å². The van der Waals surface area contributed by atoms with Gasteiger partial charge in [-0.1, -0.05) is 18.2 Å². The van der Waals surface area contributed by atoms with Crippen LogP contribution in [0.25, 0.3) is 0 Å². The van der Waals surface area contributed by atoms with E-state index in [1.807, 2.05) is 24.3 Å². The van der Waals surface area contributed by atoms with Gasteiger partial charge in [-0.15, -0.1) is 18.3 Å². The molecule has 1 heterocycles. The van der Waals surface area contributed by atoms with Crippen molar-refractivity contribution in [2.75, 3.05) is 23.7 Å². The highest BCUT2D eigenvalue weighted by atomic mass is 32.2. The minimum Gasteiger partial charge on any atom is -0.452 e. The number of amides is 2. The second-order valence-corrected chi connectivity index (χ2v) is 6.23. The molecule has 0 radical (unpaired) electrons. The van der Waals surface area contributed by atoms with Gasteiger partial charge in [-0.25, -0.2) is 0 Å². The molecule has 1 atom stereocenters. The fraction of sp³-hybridized carbons (Fsp3) is 0.353. The van der Waals surface area contributed by atoms with E-state index in [9.17, 15) is 14.4 Å². The number of nitrogens with one attached hydrogen (secondary N) is 1. The Labute approximate surface area is 145 Å². The highest BCUT2D eigenvalue weighted by Crippen LogP contribution is 2.34. The van der Waals surface area contributed by atoms with E-state index in [1.165, 1.54) is 18.7 Å². The van der Waals surface area contributed by atoms with Crippen molar-refractivity contribution in [2.45, 2.75) is 24.3 Å². The molecule has 2 rings (SSSR count). The number of anilines is 1. The zero-order valence-corrected chi connectivity index (χ0v) is 14.3. The summed E-state index contributed by atoms with van der Waals surface area (Å²) in [7, 11) is 0. The molecule has 2 amide bonds. The van der Waals surface area contributed by atoms with Crippen LogP contribution in [0.1, 0.15) is 13.3 Å². The summed E-state index contributed by atoms with van der Waals surface area (Å²) in [6, 6.07) is 7.58. The lowest BCUT2D eigenvalue weighted by molar-refractivity contribution is -0.154. The molecule has 1 aliphatic heterocycles. The quantitative estimate of drug-likeness (QED) is 0.600. The molecular formula is C17H20N2O4S. The molecule has 1 aromatic carbocycles. The number of nitrogens with zero attached hydrogens (tertiary/aromatic N) is 1. The Morgan fingerprint density at radius 1 is 1.46 bits per heavy atom. The Balaban J connectivity index is 1.89. The van der Waals surface area contributed by atoms with Gasteiger partial charge in [-0.2, -0.15) is 0 Å². The molecule has 0 saturated carbocycles. The first-order valence-electron chi connectivity index (χ1n) is 7.63. The van der Waals surface area contributed by atoms with Crippen LogP contribution in [0.15, 0.2) is 41.8 Å². The van der Waals surface area contributed by atoms with Crippen molar-refractivity contribution in [3.05, 3.63) is 36.9 Å². The molecule has 0 fully saturated rings. The van der Waals surface area contributed by atoms with Gasteiger partial charge in [0.05, 0.1) is 17.9 Å². The van der Waals surface area contributed by atoms with Crippen LogP contribution in [0.4, 0.5) is 5.69 Å². The number of hydrogen-bond donors (Lipinski definition) is 1. The Hall–Kier alpha value is -2.28. The standard InChI is InChI=1S/C17H20N2O4S/c1-3-9-18-17(22)12(2)23-16(21)8-10-19-13-6-4-5-7-14(13)24-11-15(19)20/h3-7,12H,1,8-11H2,2H3,(H,18,22)/t12-/m0/s1. The molecule has 1 aromatic rings. The van der Waals surface area contributed by atoms with Gasteiger partial charge in [0.25, 0.3) is 5.91 Å². The van der Waals surface area contributed by atoms with Crippen LogP contribution < -0.4 is 10.2 Å². The number of carbonyl (C=O) groups is 3. The molecule has 0 bridgehead atoms. The fourth-order valence-electron chi connectivity index (χ4n) is 2.23. The number of ether oxygens (including phenoxy) is 1. The number of benzene rings is 1. The Kier molecular flexibility index (Phi) is 6.43. The third-order valence-corrected chi connectivity index (χ3v) is 4.49. The highest BCUT2D eigenvalue weighted by molar-refractivity contribution is 8.00. The molecule has 0 unspecified atom stereocenters. The van der Waals surface area contributed by atoms with Crippen LogP contribution in [0, 0.1) is 0 Å². The van der Waals surface area contributed by atoms with E-state index in [-0.39, 0.29) is 24.8 Å². The first-order valence-corrected chi connectivity index (χ1v) is 8.61. The summed E-state index contributed by atoms with van der Waals surface area (Å²) in [5.74, 6) is -0.575. The van der Waals surface area contributed by atoms with Gasteiger partial charge < -0.3 is 15.0 Å². The van der Waals surface area contributed by atoms with E-state index in [0.717, 1.165) is 10.6 Å². The second kappa shape index (κ2) is 8.54.